The summed E-state index contributed by atoms with van der Waals surface area (Å²) in [5, 5.41) is 3.54. The smallest absolute Gasteiger partial charge is 0.241 e. The first-order valence-electron chi connectivity index (χ1n) is 8.30. The molecule has 1 N–H and O–H groups in total. The van der Waals surface area contributed by atoms with Crippen LogP contribution < -0.4 is 5.32 Å². The van der Waals surface area contributed by atoms with Crippen molar-refractivity contribution in [3.63, 3.8) is 0 Å². The number of nitrogens with zero attached hydrogens (tertiary/aromatic N) is 2. The first-order chi connectivity index (χ1) is 9.49. The molecule has 0 aromatic carbocycles. The van der Waals surface area contributed by atoms with Crippen LogP contribution in [0.15, 0.2) is 0 Å². The summed E-state index contributed by atoms with van der Waals surface area (Å²) in [5.74, 6) is 0.702. The zero-order valence-corrected chi connectivity index (χ0v) is 14.1. The van der Waals surface area contributed by atoms with Gasteiger partial charge in [-0.2, -0.15) is 0 Å². The molecule has 4 atom stereocenters. The molecule has 1 rings (SSSR count). The molecule has 118 valence electrons. The highest BCUT2D eigenvalue weighted by atomic mass is 16.2. The Labute approximate surface area is 124 Å². The molecule has 1 aliphatic rings. The predicted molar refractivity (Wildman–Crippen MR) is 84.6 cm³/mol. The Morgan fingerprint density at radius 3 is 2.25 bits per heavy atom. The molecule has 1 heterocycles. The lowest BCUT2D eigenvalue weighted by molar-refractivity contribution is -0.133. The molecule has 4 unspecified atom stereocenters. The minimum absolute atomic E-state index is 0.00380. The molecule has 1 aliphatic heterocycles. The molecule has 0 radical (unpaired) electrons. The van der Waals surface area contributed by atoms with Gasteiger partial charge in [0.1, 0.15) is 0 Å². The zero-order valence-electron chi connectivity index (χ0n) is 14.1. The summed E-state index contributed by atoms with van der Waals surface area (Å²) >= 11 is 0. The van der Waals surface area contributed by atoms with E-state index in [1.54, 1.807) is 0 Å². The SMILES string of the molecule is CCC(C)C1NC(CC)N(C(C)CN(CC)CC)C1=O. The molecular weight excluding hydrogens is 250 g/mol. The number of hydrogen-bond acceptors (Lipinski definition) is 3. The lowest BCUT2D eigenvalue weighted by Gasteiger charge is -2.33. The Morgan fingerprint density at radius 2 is 1.80 bits per heavy atom. The van der Waals surface area contributed by atoms with Crippen molar-refractivity contribution in [2.75, 3.05) is 19.6 Å². The largest absolute Gasteiger partial charge is 0.322 e. The lowest BCUT2D eigenvalue weighted by Crippen LogP contribution is -2.48. The van der Waals surface area contributed by atoms with Crippen LogP contribution >= 0.6 is 0 Å². The maximum absolute atomic E-state index is 12.7. The van der Waals surface area contributed by atoms with Crippen LogP contribution in [0.2, 0.25) is 0 Å². The maximum atomic E-state index is 12.7. The highest BCUT2D eigenvalue weighted by Gasteiger charge is 2.42. The number of carbonyl (C=O) groups excluding carboxylic acids is 1. The minimum Gasteiger partial charge on any atom is -0.322 e. The van der Waals surface area contributed by atoms with Gasteiger partial charge in [-0.25, -0.2) is 0 Å². The molecule has 1 fully saturated rings. The van der Waals surface area contributed by atoms with E-state index in [2.05, 4.69) is 56.7 Å². The Kier molecular flexibility index (Phi) is 6.96. The van der Waals surface area contributed by atoms with Gasteiger partial charge in [0, 0.05) is 12.6 Å². The summed E-state index contributed by atoms with van der Waals surface area (Å²) in [5.41, 5.74) is 0. The van der Waals surface area contributed by atoms with E-state index in [0.29, 0.717) is 11.8 Å². The quantitative estimate of drug-likeness (QED) is 0.742. The van der Waals surface area contributed by atoms with Crippen LogP contribution in [0.3, 0.4) is 0 Å². The first-order valence-corrected chi connectivity index (χ1v) is 8.30. The zero-order chi connectivity index (χ0) is 15.3. The molecule has 20 heavy (non-hydrogen) atoms. The topological polar surface area (TPSA) is 35.6 Å². The third-order valence-electron chi connectivity index (χ3n) is 4.72. The summed E-state index contributed by atoms with van der Waals surface area (Å²) in [7, 11) is 0. The molecule has 0 bridgehead atoms. The van der Waals surface area contributed by atoms with Crippen LogP contribution in [-0.2, 0) is 4.79 Å². The van der Waals surface area contributed by atoms with Gasteiger partial charge in [0.15, 0.2) is 0 Å². The highest BCUT2D eigenvalue weighted by molar-refractivity contribution is 5.85. The van der Waals surface area contributed by atoms with Gasteiger partial charge in [0.05, 0.1) is 12.2 Å². The van der Waals surface area contributed by atoms with Crippen molar-refractivity contribution in [1.29, 1.82) is 0 Å². The summed E-state index contributed by atoms with van der Waals surface area (Å²) in [4.78, 5) is 17.2. The molecule has 1 saturated heterocycles. The molecule has 0 spiro atoms. The van der Waals surface area contributed by atoms with E-state index >= 15 is 0 Å². The maximum Gasteiger partial charge on any atom is 0.241 e. The van der Waals surface area contributed by atoms with Gasteiger partial charge >= 0.3 is 0 Å². The number of amides is 1. The van der Waals surface area contributed by atoms with E-state index in [1.807, 2.05) is 0 Å². The standard InChI is InChI=1S/C16H33N3O/c1-7-12(5)15-16(20)19(14(8-2)17-15)13(6)11-18(9-3)10-4/h12-15,17H,7-11H2,1-6H3. The van der Waals surface area contributed by atoms with Gasteiger partial charge in [-0.05, 0) is 32.4 Å². The van der Waals surface area contributed by atoms with Crippen molar-refractivity contribution < 1.29 is 4.79 Å². The third-order valence-corrected chi connectivity index (χ3v) is 4.72. The second-order valence-electron chi connectivity index (χ2n) is 6.03. The molecule has 4 heteroatoms. The van der Waals surface area contributed by atoms with Gasteiger partial charge in [-0.15, -0.1) is 0 Å². The summed E-state index contributed by atoms with van der Waals surface area (Å²) < 4.78 is 0. The van der Waals surface area contributed by atoms with Gasteiger partial charge < -0.3 is 9.80 Å². The Hall–Kier alpha value is -0.610. The van der Waals surface area contributed by atoms with Crippen molar-refractivity contribution >= 4 is 5.91 Å². The van der Waals surface area contributed by atoms with Crippen LogP contribution in [0.4, 0.5) is 0 Å². The summed E-state index contributed by atoms with van der Waals surface area (Å²) in [6.07, 6.45) is 2.21. The summed E-state index contributed by atoms with van der Waals surface area (Å²) in [6, 6.07) is 0.276. The molecule has 1 amide bonds. The fourth-order valence-electron chi connectivity index (χ4n) is 3.10. The van der Waals surface area contributed by atoms with Crippen molar-refractivity contribution in [1.82, 2.24) is 15.1 Å². The van der Waals surface area contributed by atoms with Crippen LogP contribution in [-0.4, -0.2) is 53.6 Å². The van der Waals surface area contributed by atoms with Gasteiger partial charge in [0.25, 0.3) is 0 Å². The Bertz CT molecular complexity index is 304. The van der Waals surface area contributed by atoms with Crippen molar-refractivity contribution in [3.8, 4) is 0 Å². The molecule has 0 aromatic rings. The van der Waals surface area contributed by atoms with Gasteiger partial charge in [-0.3, -0.25) is 10.1 Å². The second-order valence-corrected chi connectivity index (χ2v) is 6.03. The van der Waals surface area contributed by atoms with Crippen molar-refractivity contribution in [3.05, 3.63) is 0 Å². The second kappa shape index (κ2) is 7.99. The molecule has 4 nitrogen and oxygen atoms in total. The Balaban J connectivity index is 2.77. The molecule has 0 aromatic heterocycles. The highest BCUT2D eigenvalue weighted by Crippen LogP contribution is 2.23. The van der Waals surface area contributed by atoms with E-state index in [1.165, 1.54) is 0 Å². The van der Waals surface area contributed by atoms with E-state index in [-0.39, 0.29) is 18.2 Å². The molecular formula is C16H33N3O. The normalized spacial score (nSPS) is 26.4. The lowest BCUT2D eigenvalue weighted by atomic mass is 9.99. The number of likely N-dealkylation sites (N-methyl/N-ethyl adjacent to an activating group) is 1. The van der Waals surface area contributed by atoms with Crippen LogP contribution in [0.1, 0.15) is 54.4 Å². The monoisotopic (exact) mass is 283 g/mol. The predicted octanol–water partition coefficient (Wildman–Crippen LogP) is 2.30. The van der Waals surface area contributed by atoms with Crippen LogP contribution in [0.5, 0.6) is 0 Å². The van der Waals surface area contributed by atoms with Crippen molar-refractivity contribution in [2.24, 2.45) is 5.92 Å². The number of nitrogens with one attached hydrogen (secondary N) is 1. The fourth-order valence-corrected chi connectivity index (χ4v) is 3.10. The van der Waals surface area contributed by atoms with E-state index in [4.69, 9.17) is 0 Å². The number of hydrogen-bond donors (Lipinski definition) is 1. The van der Waals surface area contributed by atoms with E-state index in [9.17, 15) is 4.79 Å². The minimum atomic E-state index is 0.00380. The average molecular weight is 283 g/mol. The molecule has 0 aliphatic carbocycles. The van der Waals surface area contributed by atoms with Gasteiger partial charge in [-0.1, -0.05) is 41.0 Å². The fraction of sp³-hybridized carbons (Fsp3) is 0.938. The average Bonchev–Trinajstić information content (AvgIpc) is 2.80. The van der Waals surface area contributed by atoms with E-state index in [0.717, 1.165) is 32.5 Å². The third kappa shape index (κ3) is 3.73. The van der Waals surface area contributed by atoms with Crippen LogP contribution in [0, 0.1) is 5.92 Å². The van der Waals surface area contributed by atoms with E-state index < -0.39 is 0 Å². The molecule has 0 saturated carbocycles. The van der Waals surface area contributed by atoms with Crippen molar-refractivity contribution in [2.45, 2.75) is 72.6 Å². The summed E-state index contributed by atoms with van der Waals surface area (Å²) in [6.45, 7) is 16.1. The Morgan fingerprint density at radius 1 is 1.20 bits per heavy atom. The van der Waals surface area contributed by atoms with Crippen LogP contribution in [0.25, 0.3) is 0 Å². The van der Waals surface area contributed by atoms with Gasteiger partial charge in [0.2, 0.25) is 5.91 Å². The first kappa shape index (κ1) is 17.4. The number of carbonyl (C=O) groups is 1. The number of rotatable bonds is 8.